The van der Waals surface area contributed by atoms with E-state index in [0.29, 0.717) is 5.56 Å². The molecular weight excluding hydrogens is 214 g/mol. The van der Waals surface area contributed by atoms with Crippen LogP contribution in [0.3, 0.4) is 0 Å². The van der Waals surface area contributed by atoms with Crippen LogP contribution in [-0.4, -0.2) is 18.3 Å². The van der Waals surface area contributed by atoms with Gasteiger partial charge in [-0.3, -0.25) is 0 Å². The van der Waals surface area contributed by atoms with Crippen LogP contribution in [0.25, 0.3) is 6.08 Å². The molecule has 0 aromatic heterocycles. The molecule has 0 aliphatic carbocycles. The normalized spacial score (nSPS) is 12.6. The van der Waals surface area contributed by atoms with E-state index >= 15 is 0 Å². The van der Waals surface area contributed by atoms with Gasteiger partial charge < -0.3 is 9.84 Å². The summed E-state index contributed by atoms with van der Waals surface area (Å²) in [6.07, 6.45) is 1.46. The second-order valence-electron chi connectivity index (χ2n) is 3.43. The molecular formula is C12H14F2O2. The van der Waals surface area contributed by atoms with Crippen molar-refractivity contribution in [2.45, 2.75) is 19.5 Å². The molecule has 88 valence electrons. The molecule has 0 fully saturated rings. The quantitative estimate of drug-likeness (QED) is 0.839. The molecule has 0 heterocycles. The summed E-state index contributed by atoms with van der Waals surface area (Å²) in [5.41, 5.74) is 1.25. The van der Waals surface area contributed by atoms with Crippen molar-refractivity contribution in [2.75, 3.05) is 6.61 Å². The van der Waals surface area contributed by atoms with Gasteiger partial charge >= 0.3 is 6.61 Å². The maximum Gasteiger partial charge on any atom is 0.387 e. The van der Waals surface area contributed by atoms with E-state index in [4.69, 9.17) is 5.11 Å². The van der Waals surface area contributed by atoms with E-state index in [2.05, 4.69) is 11.3 Å². The highest BCUT2D eigenvalue weighted by molar-refractivity contribution is 5.60. The smallest absolute Gasteiger partial charge is 0.387 e. The Morgan fingerprint density at radius 2 is 2.19 bits per heavy atom. The standard InChI is InChI=1S/C12H14F2O2/c1-3-9-10(8(2)7-15)5-4-6-11(9)16-12(13)14/h3-6,8,12,15H,1,7H2,2H3. The molecule has 1 N–H and O–H groups in total. The maximum absolute atomic E-state index is 12.1. The van der Waals surface area contributed by atoms with Crippen molar-refractivity contribution in [3.05, 3.63) is 35.9 Å². The summed E-state index contributed by atoms with van der Waals surface area (Å²) in [5.74, 6) is -0.0583. The molecule has 0 radical (unpaired) electrons. The molecule has 0 saturated carbocycles. The van der Waals surface area contributed by atoms with Crippen LogP contribution >= 0.6 is 0 Å². The average Bonchev–Trinajstić information content (AvgIpc) is 2.27. The summed E-state index contributed by atoms with van der Waals surface area (Å²) < 4.78 is 28.7. The van der Waals surface area contributed by atoms with Crippen molar-refractivity contribution < 1.29 is 18.6 Å². The van der Waals surface area contributed by atoms with Gasteiger partial charge in [-0.05, 0) is 11.6 Å². The zero-order valence-electron chi connectivity index (χ0n) is 8.99. The van der Waals surface area contributed by atoms with Crippen LogP contribution in [0.1, 0.15) is 24.0 Å². The first-order chi connectivity index (χ1) is 7.60. The van der Waals surface area contributed by atoms with Gasteiger partial charge in [-0.1, -0.05) is 31.7 Å². The molecule has 1 unspecified atom stereocenters. The molecule has 1 aromatic rings. The molecule has 0 bridgehead atoms. The number of alkyl halides is 2. The van der Waals surface area contributed by atoms with E-state index < -0.39 is 6.61 Å². The second-order valence-corrected chi connectivity index (χ2v) is 3.43. The Labute approximate surface area is 93.2 Å². The highest BCUT2D eigenvalue weighted by Gasteiger charge is 2.14. The summed E-state index contributed by atoms with van der Waals surface area (Å²) in [6, 6.07) is 4.83. The largest absolute Gasteiger partial charge is 0.434 e. The van der Waals surface area contributed by atoms with Crippen molar-refractivity contribution in [1.29, 1.82) is 0 Å². The molecule has 0 amide bonds. The van der Waals surface area contributed by atoms with Gasteiger partial charge in [0, 0.05) is 18.1 Å². The fourth-order valence-corrected chi connectivity index (χ4v) is 1.51. The van der Waals surface area contributed by atoms with Crippen LogP contribution in [0.4, 0.5) is 8.78 Å². The second kappa shape index (κ2) is 5.61. The van der Waals surface area contributed by atoms with Gasteiger partial charge in [0.2, 0.25) is 0 Å². The number of aliphatic hydroxyl groups excluding tert-OH is 1. The summed E-state index contributed by atoms with van der Waals surface area (Å²) in [4.78, 5) is 0. The molecule has 0 spiro atoms. The Morgan fingerprint density at radius 1 is 1.50 bits per heavy atom. The number of hydrogen-bond donors (Lipinski definition) is 1. The number of benzene rings is 1. The fourth-order valence-electron chi connectivity index (χ4n) is 1.51. The Hall–Kier alpha value is -1.42. The van der Waals surface area contributed by atoms with Gasteiger partial charge in [-0.15, -0.1) is 0 Å². The fraction of sp³-hybridized carbons (Fsp3) is 0.333. The van der Waals surface area contributed by atoms with Crippen LogP contribution in [-0.2, 0) is 0 Å². The van der Waals surface area contributed by atoms with Crippen molar-refractivity contribution in [2.24, 2.45) is 0 Å². The van der Waals surface area contributed by atoms with Gasteiger partial charge in [-0.2, -0.15) is 8.78 Å². The van der Waals surface area contributed by atoms with Crippen LogP contribution in [0.15, 0.2) is 24.8 Å². The summed E-state index contributed by atoms with van der Waals surface area (Å²) in [5, 5.41) is 9.06. The van der Waals surface area contributed by atoms with Crippen molar-refractivity contribution in [1.82, 2.24) is 0 Å². The van der Waals surface area contributed by atoms with Gasteiger partial charge in [0.15, 0.2) is 0 Å². The minimum Gasteiger partial charge on any atom is -0.434 e. The van der Waals surface area contributed by atoms with E-state index in [-0.39, 0.29) is 18.3 Å². The Morgan fingerprint density at radius 3 is 2.69 bits per heavy atom. The van der Waals surface area contributed by atoms with Gasteiger partial charge in [0.05, 0.1) is 0 Å². The molecule has 4 heteroatoms. The molecule has 16 heavy (non-hydrogen) atoms. The third-order valence-electron chi connectivity index (χ3n) is 2.32. The van der Waals surface area contributed by atoms with Gasteiger partial charge in [-0.25, -0.2) is 0 Å². The number of ether oxygens (including phenoxy) is 1. The van der Waals surface area contributed by atoms with E-state index in [1.807, 2.05) is 0 Å². The van der Waals surface area contributed by atoms with Gasteiger partial charge in [0.25, 0.3) is 0 Å². The van der Waals surface area contributed by atoms with E-state index in [1.54, 1.807) is 19.1 Å². The number of aliphatic hydroxyl groups is 1. The van der Waals surface area contributed by atoms with Crippen LogP contribution in [0.5, 0.6) is 5.75 Å². The third kappa shape index (κ3) is 2.79. The van der Waals surface area contributed by atoms with Gasteiger partial charge in [0.1, 0.15) is 5.75 Å². The summed E-state index contributed by atoms with van der Waals surface area (Å²) >= 11 is 0. The minimum atomic E-state index is -2.86. The lowest BCUT2D eigenvalue weighted by Crippen LogP contribution is -2.07. The monoisotopic (exact) mass is 228 g/mol. The highest BCUT2D eigenvalue weighted by Crippen LogP contribution is 2.29. The Balaban J connectivity index is 3.15. The topological polar surface area (TPSA) is 29.5 Å². The van der Waals surface area contributed by atoms with E-state index in [0.717, 1.165) is 5.56 Å². The molecule has 1 rings (SSSR count). The summed E-state index contributed by atoms with van der Waals surface area (Å²) in [6.45, 7) is 2.45. The highest BCUT2D eigenvalue weighted by atomic mass is 19.3. The first-order valence-corrected chi connectivity index (χ1v) is 4.91. The molecule has 2 nitrogen and oxygen atoms in total. The lowest BCUT2D eigenvalue weighted by molar-refractivity contribution is -0.0500. The van der Waals surface area contributed by atoms with Crippen LogP contribution in [0, 0.1) is 0 Å². The lowest BCUT2D eigenvalue weighted by Gasteiger charge is -2.15. The number of halogens is 2. The zero-order valence-corrected chi connectivity index (χ0v) is 8.99. The first-order valence-electron chi connectivity index (χ1n) is 4.91. The predicted octanol–water partition coefficient (Wildman–Crippen LogP) is 3.03. The maximum atomic E-state index is 12.1. The van der Waals surface area contributed by atoms with Crippen molar-refractivity contribution >= 4 is 6.08 Å². The first kappa shape index (κ1) is 12.6. The minimum absolute atomic E-state index is 0.0566. The molecule has 1 aromatic carbocycles. The van der Waals surface area contributed by atoms with Crippen molar-refractivity contribution in [3.8, 4) is 5.75 Å². The number of rotatable bonds is 5. The third-order valence-corrected chi connectivity index (χ3v) is 2.32. The van der Waals surface area contributed by atoms with Crippen molar-refractivity contribution in [3.63, 3.8) is 0 Å². The average molecular weight is 228 g/mol. The summed E-state index contributed by atoms with van der Waals surface area (Å²) in [7, 11) is 0. The Bertz CT molecular complexity index is 364. The molecule has 0 aliphatic heterocycles. The SMILES string of the molecule is C=Cc1c(OC(F)F)cccc1C(C)CO. The predicted molar refractivity (Wildman–Crippen MR) is 58.7 cm³/mol. The van der Waals surface area contributed by atoms with Crippen LogP contribution < -0.4 is 4.74 Å². The Kier molecular flexibility index (Phi) is 4.43. The molecule has 1 atom stereocenters. The molecule has 0 saturated heterocycles. The zero-order chi connectivity index (χ0) is 12.1. The van der Waals surface area contributed by atoms with Crippen LogP contribution in [0.2, 0.25) is 0 Å². The lowest BCUT2D eigenvalue weighted by atomic mass is 9.95. The number of hydrogen-bond acceptors (Lipinski definition) is 2. The van der Waals surface area contributed by atoms with E-state index in [1.165, 1.54) is 12.1 Å². The molecule has 0 aliphatic rings. The van der Waals surface area contributed by atoms with E-state index in [9.17, 15) is 8.78 Å².